The molecule has 0 aliphatic carbocycles. The van der Waals surface area contributed by atoms with Crippen molar-refractivity contribution in [2.75, 3.05) is 17.2 Å². The van der Waals surface area contributed by atoms with Crippen molar-refractivity contribution in [3.63, 3.8) is 0 Å². The summed E-state index contributed by atoms with van der Waals surface area (Å²) in [5.41, 5.74) is 2.22. The van der Waals surface area contributed by atoms with Gasteiger partial charge in [-0.1, -0.05) is 50.6 Å². The molecule has 0 saturated heterocycles. The van der Waals surface area contributed by atoms with E-state index in [9.17, 15) is 9.59 Å². The highest BCUT2D eigenvalue weighted by molar-refractivity contribution is 5.99. The molecule has 2 unspecified atom stereocenters. The van der Waals surface area contributed by atoms with Gasteiger partial charge in [-0.3, -0.25) is 9.59 Å². The average molecular weight is 338 g/mol. The van der Waals surface area contributed by atoms with Gasteiger partial charge >= 0.3 is 0 Å². The van der Waals surface area contributed by atoms with Gasteiger partial charge in [0.2, 0.25) is 5.91 Å². The predicted octanol–water partition coefficient (Wildman–Crippen LogP) is 3.79. The second-order valence-electron chi connectivity index (χ2n) is 6.31. The minimum atomic E-state index is -0.229. The molecule has 5 nitrogen and oxygen atoms in total. The number of carbonyl (C=O) groups excluding carboxylic acids is 2. The van der Waals surface area contributed by atoms with Crippen molar-refractivity contribution in [1.82, 2.24) is 0 Å². The van der Waals surface area contributed by atoms with Gasteiger partial charge in [-0.2, -0.15) is 0 Å². The van der Waals surface area contributed by atoms with Crippen LogP contribution in [0.2, 0.25) is 0 Å². The molecule has 25 heavy (non-hydrogen) atoms. The summed E-state index contributed by atoms with van der Waals surface area (Å²) < 4.78 is 5.34. The Balaban J connectivity index is 1.82. The van der Waals surface area contributed by atoms with Crippen LogP contribution in [-0.2, 0) is 9.59 Å². The van der Waals surface area contributed by atoms with Crippen LogP contribution < -0.4 is 15.4 Å². The zero-order chi connectivity index (χ0) is 17.8. The molecule has 0 fully saturated rings. The lowest BCUT2D eigenvalue weighted by Crippen LogP contribution is -2.27. The number of hydrogen-bond donors (Lipinski definition) is 2. The molecule has 5 heteroatoms. The van der Waals surface area contributed by atoms with E-state index in [1.54, 1.807) is 18.2 Å². The molecule has 2 aromatic rings. The largest absolute Gasteiger partial charge is 0.482 e. The Labute approximate surface area is 147 Å². The minimum Gasteiger partial charge on any atom is -0.482 e. The van der Waals surface area contributed by atoms with Crippen LogP contribution in [0.25, 0.3) is 0 Å². The Kier molecular flexibility index (Phi) is 5.03. The maximum absolute atomic E-state index is 12.9. The smallest absolute Gasteiger partial charge is 0.262 e. The molecule has 1 aliphatic rings. The molecule has 3 rings (SSSR count). The summed E-state index contributed by atoms with van der Waals surface area (Å²) >= 11 is 0. The molecule has 0 aromatic heterocycles. The number of fused-ring (bicyclic) bond motifs is 1. The Bertz CT molecular complexity index is 774. The number of nitrogens with one attached hydrogen (secondary N) is 2. The first kappa shape index (κ1) is 17.0. The molecule has 2 N–H and O–H groups in total. The second kappa shape index (κ2) is 7.38. The van der Waals surface area contributed by atoms with Crippen molar-refractivity contribution in [3.8, 4) is 5.75 Å². The molecule has 0 radical (unpaired) electrons. The van der Waals surface area contributed by atoms with Crippen LogP contribution in [-0.4, -0.2) is 18.4 Å². The summed E-state index contributed by atoms with van der Waals surface area (Å²) in [6.45, 7) is 4.18. The first-order chi connectivity index (χ1) is 12.1. The number of ether oxygens (including phenoxy) is 1. The molecule has 2 atom stereocenters. The van der Waals surface area contributed by atoms with Crippen LogP contribution in [0.1, 0.15) is 31.7 Å². The van der Waals surface area contributed by atoms with Gasteiger partial charge in [0.05, 0.1) is 11.6 Å². The van der Waals surface area contributed by atoms with Crippen LogP contribution in [0.15, 0.2) is 48.5 Å². The molecule has 130 valence electrons. The van der Waals surface area contributed by atoms with Gasteiger partial charge in [0.25, 0.3) is 5.91 Å². The number of anilines is 2. The van der Waals surface area contributed by atoms with Gasteiger partial charge in [-0.05, 0) is 29.7 Å². The first-order valence-electron chi connectivity index (χ1n) is 8.51. The maximum Gasteiger partial charge on any atom is 0.262 e. The fraction of sp³-hybridized carbons (Fsp3) is 0.300. The fourth-order valence-electron chi connectivity index (χ4n) is 3.02. The zero-order valence-electron chi connectivity index (χ0n) is 14.4. The van der Waals surface area contributed by atoms with Crippen LogP contribution >= 0.6 is 0 Å². The third kappa shape index (κ3) is 3.82. The third-order valence-electron chi connectivity index (χ3n) is 4.53. The average Bonchev–Trinajstić information content (AvgIpc) is 2.62. The van der Waals surface area contributed by atoms with Crippen molar-refractivity contribution in [2.45, 2.75) is 26.2 Å². The van der Waals surface area contributed by atoms with E-state index in [-0.39, 0.29) is 30.3 Å². The zero-order valence-corrected chi connectivity index (χ0v) is 14.4. The van der Waals surface area contributed by atoms with Gasteiger partial charge in [-0.15, -0.1) is 0 Å². The van der Waals surface area contributed by atoms with Crippen LogP contribution in [0.5, 0.6) is 5.75 Å². The Hall–Kier alpha value is -2.82. The lowest BCUT2D eigenvalue weighted by molar-refractivity contribution is -0.119. The molecule has 1 aliphatic heterocycles. The number of rotatable bonds is 5. The van der Waals surface area contributed by atoms with E-state index in [1.165, 1.54) is 0 Å². The summed E-state index contributed by atoms with van der Waals surface area (Å²) in [6.07, 6.45) is 0.904. The third-order valence-corrected chi connectivity index (χ3v) is 4.53. The van der Waals surface area contributed by atoms with Gasteiger partial charge < -0.3 is 15.4 Å². The molecular formula is C20H22N2O3. The van der Waals surface area contributed by atoms with E-state index in [2.05, 4.69) is 24.5 Å². The Morgan fingerprint density at radius 2 is 2.00 bits per heavy atom. The van der Waals surface area contributed by atoms with Crippen LogP contribution in [0, 0.1) is 5.92 Å². The van der Waals surface area contributed by atoms with E-state index in [1.807, 2.05) is 30.3 Å². The Morgan fingerprint density at radius 3 is 2.72 bits per heavy atom. The number of carbonyl (C=O) groups is 2. The number of hydrogen-bond acceptors (Lipinski definition) is 3. The van der Waals surface area contributed by atoms with Crippen molar-refractivity contribution in [3.05, 3.63) is 54.1 Å². The summed E-state index contributed by atoms with van der Waals surface area (Å²) in [5.74, 6) is 0.344. The quantitative estimate of drug-likeness (QED) is 0.872. The summed E-state index contributed by atoms with van der Waals surface area (Å²) in [4.78, 5) is 24.4. The standard InChI is InChI=1S/C20H22N2O3/c1-3-13(2)19(14-7-5-4-6-8-14)20(24)21-15-9-10-17-16(11-15)22-18(23)12-25-17/h4-11,13,19H,3,12H2,1-2H3,(H,21,24)(H,22,23). The van der Waals surface area contributed by atoms with E-state index >= 15 is 0 Å². The van der Waals surface area contributed by atoms with E-state index in [4.69, 9.17) is 4.74 Å². The molecule has 2 aromatic carbocycles. The molecule has 0 saturated carbocycles. The van der Waals surface area contributed by atoms with Crippen molar-refractivity contribution in [2.24, 2.45) is 5.92 Å². The van der Waals surface area contributed by atoms with E-state index in [0.29, 0.717) is 17.1 Å². The summed E-state index contributed by atoms with van der Waals surface area (Å²) in [6, 6.07) is 15.1. The monoisotopic (exact) mass is 338 g/mol. The molecule has 0 bridgehead atoms. The summed E-state index contributed by atoms with van der Waals surface area (Å²) in [7, 11) is 0. The lowest BCUT2D eigenvalue weighted by atomic mass is 9.85. The fourth-order valence-corrected chi connectivity index (χ4v) is 3.02. The Morgan fingerprint density at radius 1 is 1.24 bits per heavy atom. The van der Waals surface area contributed by atoms with Crippen molar-refractivity contribution >= 4 is 23.2 Å². The van der Waals surface area contributed by atoms with Crippen molar-refractivity contribution in [1.29, 1.82) is 0 Å². The van der Waals surface area contributed by atoms with Gasteiger partial charge in [-0.25, -0.2) is 0 Å². The highest BCUT2D eigenvalue weighted by atomic mass is 16.5. The molecule has 1 heterocycles. The molecular weight excluding hydrogens is 316 g/mol. The van der Waals surface area contributed by atoms with Gasteiger partial charge in [0, 0.05) is 5.69 Å². The predicted molar refractivity (Wildman–Crippen MR) is 97.8 cm³/mol. The highest BCUT2D eigenvalue weighted by Gasteiger charge is 2.26. The van der Waals surface area contributed by atoms with Gasteiger partial charge in [0.15, 0.2) is 6.61 Å². The van der Waals surface area contributed by atoms with E-state index < -0.39 is 0 Å². The SMILES string of the molecule is CCC(C)C(C(=O)Nc1ccc2c(c1)NC(=O)CO2)c1ccccc1. The van der Waals surface area contributed by atoms with Crippen LogP contribution in [0.4, 0.5) is 11.4 Å². The molecule has 0 spiro atoms. The van der Waals surface area contributed by atoms with Crippen molar-refractivity contribution < 1.29 is 14.3 Å². The molecule has 2 amide bonds. The normalized spacial score (nSPS) is 15.4. The minimum absolute atomic E-state index is 0.0167. The van der Waals surface area contributed by atoms with E-state index in [0.717, 1.165) is 12.0 Å². The first-order valence-corrected chi connectivity index (χ1v) is 8.51. The highest BCUT2D eigenvalue weighted by Crippen LogP contribution is 2.32. The van der Waals surface area contributed by atoms with Crippen LogP contribution in [0.3, 0.4) is 0 Å². The number of benzene rings is 2. The van der Waals surface area contributed by atoms with Gasteiger partial charge in [0.1, 0.15) is 5.75 Å². The lowest BCUT2D eigenvalue weighted by Gasteiger charge is -2.23. The summed E-state index contributed by atoms with van der Waals surface area (Å²) in [5, 5.41) is 5.73. The maximum atomic E-state index is 12.9. The second-order valence-corrected chi connectivity index (χ2v) is 6.31. The topological polar surface area (TPSA) is 67.4 Å². The number of amides is 2.